The summed E-state index contributed by atoms with van der Waals surface area (Å²) >= 11 is 0. The molecule has 0 saturated heterocycles. The molecule has 0 amide bonds. The van der Waals surface area contributed by atoms with Gasteiger partial charge in [0.1, 0.15) is 19.3 Å². The lowest BCUT2D eigenvalue weighted by molar-refractivity contribution is -0.161. The van der Waals surface area contributed by atoms with Gasteiger partial charge in [-0.1, -0.05) is 357 Å². The van der Waals surface area contributed by atoms with Crippen molar-refractivity contribution in [2.75, 3.05) is 39.6 Å². The molecule has 0 aromatic heterocycles. The molecule has 0 radical (unpaired) electrons. The number of rotatable bonds is 77. The van der Waals surface area contributed by atoms with E-state index in [9.17, 15) is 43.2 Å². The summed E-state index contributed by atoms with van der Waals surface area (Å²) in [5.74, 6) is 0.886. The first-order valence-corrected chi connectivity index (χ1v) is 44.2. The zero-order valence-electron chi connectivity index (χ0n) is 65.1. The zero-order chi connectivity index (χ0) is 73.1. The van der Waals surface area contributed by atoms with Crippen LogP contribution in [0.5, 0.6) is 0 Å². The number of aliphatic hydroxyl groups excluding tert-OH is 1. The summed E-state index contributed by atoms with van der Waals surface area (Å²) in [6.45, 7) is 14.1. The molecular formula is C80H156O17P2. The fourth-order valence-corrected chi connectivity index (χ4v) is 13.8. The van der Waals surface area contributed by atoms with Crippen LogP contribution < -0.4 is 0 Å². The molecule has 0 heterocycles. The van der Waals surface area contributed by atoms with E-state index in [1.54, 1.807) is 0 Å². The fraction of sp³-hybridized carbons (Fsp3) is 0.950. The second-order valence-electron chi connectivity index (χ2n) is 30.7. The van der Waals surface area contributed by atoms with Crippen molar-refractivity contribution >= 4 is 39.5 Å². The van der Waals surface area contributed by atoms with Crippen LogP contribution in [0, 0.1) is 23.7 Å². The van der Waals surface area contributed by atoms with E-state index in [0.29, 0.717) is 37.5 Å². The average Bonchev–Trinajstić information content (AvgIpc) is 0.943. The lowest BCUT2D eigenvalue weighted by Gasteiger charge is -2.21. The van der Waals surface area contributed by atoms with E-state index in [2.05, 4.69) is 55.4 Å². The van der Waals surface area contributed by atoms with Crippen LogP contribution in [0.25, 0.3) is 0 Å². The summed E-state index contributed by atoms with van der Waals surface area (Å²) in [6.07, 6.45) is 56.0. The van der Waals surface area contributed by atoms with Gasteiger partial charge in [0.05, 0.1) is 26.4 Å². The van der Waals surface area contributed by atoms with Crippen LogP contribution in [-0.4, -0.2) is 96.7 Å². The molecule has 0 rings (SSSR count). The van der Waals surface area contributed by atoms with Gasteiger partial charge in [0, 0.05) is 25.7 Å². The minimum absolute atomic E-state index is 0.102. The highest BCUT2D eigenvalue weighted by Gasteiger charge is 2.30. The zero-order valence-corrected chi connectivity index (χ0v) is 66.9. The number of unbranched alkanes of at least 4 members (excludes halogenated alkanes) is 43. The standard InChI is InChI=1S/C80H156O17P2/c1-70(2)56-48-40-32-27-23-19-15-11-9-10-12-17-21-25-29-35-44-52-60-77(82)90-66-75(96-79(84)62-54-46-36-30-26-22-18-14-13-16-20-24-28-33-41-49-57-71(3)4)68-94-98(86,87)92-64-74(81)65-93-99(88,89)95-69-76(67-91-78(83)61-53-45-39-38-43-51-59-73(7)8)97-80(85)63-55-47-37-31-34-42-50-58-72(5)6/h70-76,81H,9-69H2,1-8H3,(H,86,87)(H,88,89)/t74-,75-,76-/m1/s1. The molecule has 0 aliphatic rings. The van der Waals surface area contributed by atoms with Gasteiger partial charge in [0.2, 0.25) is 0 Å². The Morgan fingerprint density at radius 1 is 0.253 bits per heavy atom. The number of esters is 4. The number of phosphoric ester groups is 2. The van der Waals surface area contributed by atoms with Gasteiger partial charge in [-0.3, -0.25) is 37.3 Å². The molecule has 0 bridgehead atoms. The third-order valence-electron chi connectivity index (χ3n) is 18.6. The van der Waals surface area contributed by atoms with E-state index >= 15 is 0 Å². The predicted octanol–water partition coefficient (Wildman–Crippen LogP) is 23.6. The van der Waals surface area contributed by atoms with Crippen LogP contribution in [0.15, 0.2) is 0 Å². The molecule has 0 spiro atoms. The first-order chi connectivity index (χ1) is 47.6. The molecule has 5 atom stereocenters. The van der Waals surface area contributed by atoms with Crippen molar-refractivity contribution in [1.29, 1.82) is 0 Å². The van der Waals surface area contributed by atoms with Gasteiger partial charge in [0.25, 0.3) is 0 Å². The molecule has 99 heavy (non-hydrogen) atoms. The van der Waals surface area contributed by atoms with Gasteiger partial charge in [-0.05, 0) is 49.4 Å². The Hall–Kier alpha value is -1.94. The number of aliphatic hydroxyl groups is 1. The van der Waals surface area contributed by atoms with Crippen LogP contribution in [0.1, 0.15) is 409 Å². The summed E-state index contributed by atoms with van der Waals surface area (Å²) in [4.78, 5) is 72.8. The molecule has 0 aliphatic heterocycles. The molecule has 0 aromatic carbocycles. The van der Waals surface area contributed by atoms with Gasteiger partial charge in [-0.25, -0.2) is 9.13 Å². The van der Waals surface area contributed by atoms with Crippen molar-refractivity contribution < 1.29 is 80.2 Å². The number of phosphoric acid groups is 2. The van der Waals surface area contributed by atoms with E-state index < -0.39 is 97.5 Å². The smallest absolute Gasteiger partial charge is 0.462 e. The number of carbonyl (C=O) groups is 4. The molecule has 0 aromatic rings. The monoisotopic (exact) mass is 1450 g/mol. The molecule has 0 saturated carbocycles. The molecule has 3 N–H and O–H groups in total. The van der Waals surface area contributed by atoms with Gasteiger partial charge in [-0.15, -0.1) is 0 Å². The molecule has 0 aliphatic carbocycles. The number of hydrogen-bond donors (Lipinski definition) is 3. The maximum absolute atomic E-state index is 13.1. The lowest BCUT2D eigenvalue weighted by atomic mass is 10.0. The highest BCUT2D eigenvalue weighted by atomic mass is 31.2. The quantitative estimate of drug-likeness (QED) is 0.0222. The molecule has 2 unspecified atom stereocenters. The second kappa shape index (κ2) is 69.1. The molecule has 17 nitrogen and oxygen atoms in total. The highest BCUT2D eigenvalue weighted by molar-refractivity contribution is 7.47. The van der Waals surface area contributed by atoms with Crippen molar-refractivity contribution in [1.82, 2.24) is 0 Å². The Morgan fingerprint density at radius 3 is 0.626 bits per heavy atom. The van der Waals surface area contributed by atoms with E-state index in [4.69, 9.17) is 37.0 Å². The van der Waals surface area contributed by atoms with E-state index in [-0.39, 0.29) is 25.7 Å². The third kappa shape index (κ3) is 74.1. The summed E-state index contributed by atoms with van der Waals surface area (Å²) in [5, 5.41) is 10.6. The first-order valence-electron chi connectivity index (χ1n) is 41.2. The predicted molar refractivity (Wildman–Crippen MR) is 404 cm³/mol. The average molecular weight is 1450 g/mol. The van der Waals surface area contributed by atoms with Crippen LogP contribution in [0.4, 0.5) is 0 Å². The van der Waals surface area contributed by atoms with E-state index in [0.717, 1.165) is 108 Å². The van der Waals surface area contributed by atoms with Crippen molar-refractivity contribution in [3.63, 3.8) is 0 Å². The summed E-state index contributed by atoms with van der Waals surface area (Å²) in [5.41, 5.74) is 0. The van der Waals surface area contributed by atoms with Crippen LogP contribution in [-0.2, 0) is 65.4 Å². The van der Waals surface area contributed by atoms with Gasteiger partial charge in [0.15, 0.2) is 12.2 Å². The van der Waals surface area contributed by atoms with E-state index in [1.807, 2.05) is 0 Å². The summed E-state index contributed by atoms with van der Waals surface area (Å²) < 4.78 is 68.5. The van der Waals surface area contributed by atoms with Crippen molar-refractivity contribution in [3.8, 4) is 0 Å². The van der Waals surface area contributed by atoms with Crippen LogP contribution in [0.2, 0.25) is 0 Å². The minimum Gasteiger partial charge on any atom is -0.462 e. The minimum atomic E-state index is -4.96. The second-order valence-corrected chi connectivity index (χ2v) is 33.6. The maximum atomic E-state index is 13.1. The largest absolute Gasteiger partial charge is 0.472 e. The summed E-state index contributed by atoms with van der Waals surface area (Å²) in [7, 11) is -9.92. The highest BCUT2D eigenvalue weighted by Crippen LogP contribution is 2.45. The molecule has 19 heteroatoms. The normalized spacial score (nSPS) is 14.1. The first kappa shape index (κ1) is 97.1. The maximum Gasteiger partial charge on any atom is 0.472 e. The molecular weight excluding hydrogens is 1290 g/mol. The lowest BCUT2D eigenvalue weighted by Crippen LogP contribution is -2.30. The van der Waals surface area contributed by atoms with E-state index in [1.165, 1.54) is 205 Å². The Kier molecular flexibility index (Phi) is 67.8. The molecule has 588 valence electrons. The van der Waals surface area contributed by atoms with Gasteiger partial charge < -0.3 is 33.8 Å². The SMILES string of the molecule is CC(C)CCCCCCCCCCCCCCCCCCCCC(=O)OC[C@H](COP(=O)(O)OC[C@@H](O)COP(=O)(O)OC[C@@H](COC(=O)CCCCCCCCC(C)C)OC(=O)CCCCCCCCCC(C)C)OC(=O)CCCCCCCCCCCCCCCCCCC(C)C. The van der Waals surface area contributed by atoms with Crippen molar-refractivity contribution in [3.05, 3.63) is 0 Å². The van der Waals surface area contributed by atoms with Gasteiger partial charge in [-0.2, -0.15) is 0 Å². The van der Waals surface area contributed by atoms with Gasteiger partial charge >= 0.3 is 39.5 Å². The van der Waals surface area contributed by atoms with Crippen LogP contribution in [0.3, 0.4) is 0 Å². The topological polar surface area (TPSA) is 237 Å². The Labute approximate surface area is 607 Å². The number of ether oxygens (including phenoxy) is 4. The number of carbonyl (C=O) groups excluding carboxylic acids is 4. The Balaban J connectivity index is 5.18. The summed E-state index contributed by atoms with van der Waals surface area (Å²) in [6, 6.07) is 0. The Morgan fingerprint density at radius 2 is 0.424 bits per heavy atom. The van der Waals surface area contributed by atoms with Crippen molar-refractivity contribution in [2.45, 2.75) is 427 Å². The molecule has 0 fully saturated rings. The number of hydrogen-bond acceptors (Lipinski definition) is 15. The fourth-order valence-electron chi connectivity index (χ4n) is 12.3. The van der Waals surface area contributed by atoms with Crippen LogP contribution >= 0.6 is 15.6 Å². The van der Waals surface area contributed by atoms with Crippen molar-refractivity contribution in [2.24, 2.45) is 23.7 Å². The Bertz CT molecular complexity index is 1940. The third-order valence-corrected chi connectivity index (χ3v) is 20.5.